The maximum atomic E-state index is 12.1. The number of hydrogen-bond acceptors (Lipinski definition) is 4. The van der Waals surface area contributed by atoms with E-state index in [1.807, 2.05) is 22.7 Å². The zero-order chi connectivity index (χ0) is 20.9. The molecule has 0 fully saturated rings. The minimum atomic E-state index is -0.0474. The van der Waals surface area contributed by atoms with Crippen molar-refractivity contribution >= 4 is 17.0 Å². The molecule has 0 bridgehead atoms. The van der Waals surface area contributed by atoms with Gasteiger partial charge in [0.05, 0.1) is 11.9 Å². The van der Waals surface area contributed by atoms with E-state index in [-0.39, 0.29) is 5.56 Å². The first-order chi connectivity index (χ1) is 15.2. The SMILES string of the molecule is Cn1ccc(-c2cc(NC3CCC4=C(C3)c3ccccc3C4)n3nccc3n2)cc1=O. The fraction of sp³-hybridized carbons (Fsp3) is 0.240. The van der Waals surface area contributed by atoms with Gasteiger partial charge in [0, 0.05) is 43.0 Å². The fourth-order valence-electron chi connectivity index (χ4n) is 4.89. The molecule has 1 aromatic carbocycles. The number of hydrogen-bond donors (Lipinski definition) is 1. The van der Waals surface area contributed by atoms with E-state index in [1.54, 1.807) is 35.6 Å². The number of pyridine rings is 1. The molecule has 3 heterocycles. The molecule has 6 nitrogen and oxygen atoms in total. The van der Waals surface area contributed by atoms with Gasteiger partial charge in [-0.25, -0.2) is 4.98 Å². The van der Waals surface area contributed by atoms with Crippen LogP contribution >= 0.6 is 0 Å². The summed E-state index contributed by atoms with van der Waals surface area (Å²) < 4.78 is 3.41. The molecule has 1 N–H and O–H groups in total. The predicted octanol–water partition coefficient (Wildman–Crippen LogP) is 4.07. The molecule has 4 aromatic rings. The number of fused-ring (bicyclic) bond motifs is 3. The third-order valence-electron chi connectivity index (χ3n) is 6.53. The molecular weight excluding hydrogens is 386 g/mol. The van der Waals surface area contributed by atoms with Gasteiger partial charge >= 0.3 is 0 Å². The molecule has 31 heavy (non-hydrogen) atoms. The summed E-state index contributed by atoms with van der Waals surface area (Å²) in [5.74, 6) is 0.908. The van der Waals surface area contributed by atoms with Crippen LogP contribution in [-0.2, 0) is 13.5 Å². The van der Waals surface area contributed by atoms with Crippen molar-refractivity contribution in [3.63, 3.8) is 0 Å². The van der Waals surface area contributed by atoms with Gasteiger partial charge in [0.2, 0.25) is 0 Å². The average Bonchev–Trinajstić information content (AvgIpc) is 3.40. The molecule has 2 aliphatic rings. The Kier molecular flexibility index (Phi) is 4.06. The van der Waals surface area contributed by atoms with Crippen molar-refractivity contribution in [1.82, 2.24) is 19.2 Å². The van der Waals surface area contributed by atoms with Crippen molar-refractivity contribution in [3.05, 3.63) is 88.0 Å². The number of aryl methyl sites for hydroxylation is 1. The molecule has 6 heteroatoms. The van der Waals surface area contributed by atoms with Crippen LogP contribution in [0.5, 0.6) is 0 Å². The molecule has 154 valence electrons. The average molecular weight is 409 g/mol. The van der Waals surface area contributed by atoms with Crippen LogP contribution < -0.4 is 10.9 Å². The lowest BCUT2D eigenvalue weighted by Gasteiger charge is -2.26. The van der Waals surface area contributed by atoms with Gasteiger partial charge in [0.25, 0.3) is 5.56 Å². The molecule has 0 amide bonds. The summed E-state index contributed by atoms with van der Waals surface area (Å²) in [5, 5.41) is 8.20. The van der Waals surface area contributed by atoms with E-state index in [4.69, 9.17) is 4.98 Å². The van der Waals surface area contributed by atoms with Gasteiger partial charge < -0.3 is 9.88 Å². The second-order valence-corrected chi connectivity index (χ2v) is 8.49. The Balaban J connectivity index is 1.34. The van der Waals surface area contributed by atoms with Crippen LogP contribution in [0.2, 0.25) is 0 Å². The first kappa shape index (κ1) is 18.1. The highest BCUT2D eigenvalue weighted by Crippen LogP contribution is 2.42. The van der Waals surface area contributed by atoms with E-state index in [0.29, 0.717) is 6.04 Å². The molecule has 0 spiro atoms. The maximum Gasteiger partial charge on any atom is 0.250 e. The Bertz CT molecular complexity index is 1410. The van der Waals surface area contributed by atoms with Crippen LogP contribution in [0.25, 0.3) is 22.5 Å². The molecule has 6 rings (SSSR count). The van der Waals surface area contributed by atoms with Gasteiger partial charge in [0.1, 0.15) is 5.82 Å². The summed E-state index contributed by atoms with van der Waals surface area (Å²) in [5.41, 5.74) is 8.29. The molecule has 0 saturated carbocycles. The van der Waals surface area contributed by atoms with Gasteiger partial charge in [-0.05, 0) is 48.4 Å². The number of allylic oxidation sites excluding steroid dienone is 1. The molecule has 0 saturated heterocycles. The lowest BCUT2D eigenvalue weighted by molar-refractivity contribution is 0.629. The maximum absolute atomic E-state index is 12.1. The van der Waals surface area contributed by atoms with Gasteiger partial charge in [-0.3, -0.25) is 4.79 Å². The van der Waals surface area contributed by atoms with Gasteiger partial charge in [-0.1, -0.05) is 29.8 Å². The van der Waals surface area contributed by atoms with E-state index < -0.39 is 0 Å². The lowest BCUT2D eigenvalue weighted by atomic mass is 9.88. The molecular formula is C25H23N5O. The summed E-state index contributed by atoms with van der Waals surface area (Å²) in [7, 11) is 1.75. The topological polar surface area (TPSA) is 64.2 Å². The Hall–Kier alpha value is -3.67. The van der Waals surface area contributed by atoms with Crippen LogP contribution in [0.15, 0.2) is 71.3 Å². The smallest absolute Gasteiger partial charge is 0.250 e. The van der Waals surface area contributed by atoms with Crippen molar-refractivity contribution < 1.29 is 0 Å². The van der Waals surface area contributed by atoms with Crippen molar-refractivity contribution in [2.24, 2.45) is 7.05 Å². The highest BCUT2D eigenvalue weighted by Gasteiger charge is 2.28. The van der Waals surface area contributed by atoms with E-state index in [1.165, 1.54) is 16.7 Å². The Labute approximate surface area is 179 Å². The molecule has 1 atom stereocenters. The first-order valence-corrected chi connectivity index (χ1v) is 10.7. The zero-order valence-corrected chi connectivity index (χ0v) is 17.4. The quantitative estimate of drug-likeness (QED) is 0.554. The molecule has 3 aromatic heterocycles. The number of nitrogens with zero attached hydrogens (tertiary/aromatic N) is 4. The summed E-state index contributed by atoms with van der Waals surface area (Å²) in [6, 6.07) is 16.6. The lowest BCUT2D eigenvalue weighted by Crippen LogP contribution is -2.24. The number of nitrogens with one attached hydrogen (secondary N) is 1. The van der Waals surface area contributed by atoms with Crippen molar-refractivity contribution in [1.29, 1.82) is 0 Å². The Morgan fingerprint density at radius 2 is 2.03 bits per heavy atom. The summed E-state index contributed by atoms with van der Waals surface area (Å²) in [6.07, 6.45) is 7.87. The number of aromatic nitrogens is 4. The van der Waals surface area contributed by atoms with Crippen LogP contribution in [0.4, 0.5) is 5.82 Å². The van der Waals surface area contributed by atoms with Crippen LogP contribution in [0.1, 0.15) is 30.4 Å². The number of anilines is 1. The van der Waals surface area contributed by atoms with Gasteiger partial charge in [-0.15, -0.1) is 0 Å². The highest BCUT2D eigenvalue weighted by molar-refractivity contribution is 5.78. The van der Waals surface area contributed by atoms with Crippen LogP contribution in [0.3, 0.4) is 0 Å². The molecule has 0 radical (unpaired) electrons. The van der Waals surface area contributed by atoms with Gasteiger partial charge in [0.15, 0.2) is 5.65 Å². The minimum Gasteiger partial charge on any atom is -0.367 e. The molecule has 2 aliphatic carbocycles. The van der Waals surface area contributed by atoms with E-state index >= 15 is 0 Å². The molecule has 1 unspecified atom stereocenters. The minimum absolute atomic E-state index is 0.0474. The highest BCUT2D eigenvalue weighted by atomic mass is 16.1. The first-order valence-electron chi connectivity index (χ1n) is 10.7. The largest absolute Gasteiger partial charge is 0.367 e. The van der Waals surface area contributed by atoms with E-state index in [0.717, 1.165) is 48.4 Å². The number of benzene rings is 1. The summed E-state index contributed by atoms with van der Waals surface area (Å²) in [4.78, 5) is 16.8. The van der Waals surface area contributed by atoms with Crippen LogP contribution in [0, 0.1) is 0 Å². The zero-order valence-electron chi connectivity index (χ0n) is 17.4. The monoisotopic (exact) mass is 409 g/mol. The van der Waals surface area contributed by atoms with Crippen molar-refractivity contribution in [2.75, 3.05) is 5.32 Å². The Morgan fingerprint density at radius 1 is 1.13 bits per heavy atom. The number of rotatable bonds is 3. The summed E-state index contributed by atoms with van der Waals surface area (Å²) in [6.45, 7) is 0. The third-order valence-corrected chi connectivity index (χ3v) is 6.53. The van der Waals surface area contributed by atoms with E-state index in [2.05, 4.69) is 34.7 Å². The molecule has 0 aliphatic heterocycles. The summed E-state index contributed by atoms with van der Waals surface area (Å²) >= 11 is 0. The van der Waals surface area contributed by atoms with Crippen molar-refractivity contribution in [2.45, 2.75) is 31.7 Å². The normalized spacial score (nSPS) is 17.6. The van der Waals surface area contributed by atoms with Crippen LogP contribution in [-0.4, -0.2) is 25.2 Å². The standard InChI is InChI=1S/C25H23N5O/c1-29-11-9-18(13-25(29)31)22-15-24(30-23(28-22)8-10-26-30)27-19-7-6-17-12-16-4-2-3-5-20(16)21(17)14-19/h2-5,8-11,13,15,19,27H,6-7,12,14H2,1H3. The second kappa shape index (κ2) is 6.94. The second-order valence-electron chi connectivity index (χ2n) is 8.49. The predicted molar refractivity (Wildman–Crippen MR) is 122 cm³/mol. The fourth-order valence-corrected chi connectivity index (χ4v) is 4.89. The third kappa shape index (κ3) is 3.06. The van der Waals surface area contributed by atoms with E-state index in [9.17, 15) is 4.79 Å². The Morgan fingerprint density at radius 3 is 2.94 bits per heavy atom. The van der Waals surface area contributed by atoms with Gasteiger partial charge in [-0.2, -0.15) is 9.61 Å². The van der Waals surface area contributed by atoms with Crippen molar-refractivity contribution in [3.8, 4) is 11.3 Å².